The predicted molar refractivity (Wildman–Crippen MR) is 117 cm³/mol. The van der Waals surface area contributed by atoms with Gasteiger partial charge in [-0.3, -0.25) is 4.79 Å². The van der Waals surface area contributed by atoms with Crippen LogP contribution in [0.2, 0.25) is 0 Å². The van der Waals surface area contributed by atoms with Crippen molar-refractivity contribution in [2.75, 3.05) is 6.54 Å². The molecule has 5 heteroatoms. The van der Waals surface area contributed by atoms with Gasteiger partial charge in [0.05, 0.1) is 16.6 Å². The van der Waals surface area contributed by atoms with E-state index in [2.05, 4.69) is 4.98 Å². The quantitative estimate of drug-likeness (QED) is 0.687. The molecule has 1 aromatic heterocycles. The number of hydrogen-bond acceptors (Lipinski definition) is 4. The number of carbonyl (C=O) groups excluding carboxylic acids is 2. The highest BCUT2D eigenvalue weighted by atomic mass is 16.5. The Morgan fingerprint density at radius 2 is 1.71 bits per heavy atom. The summed E-state index contributed by atoms with van der Waals surface area (Å²) < 4.78 is 5.66. The number of aromatic nitrogens is 1. The monoisotopic (exact) mass is 418 g/mol. The van der Waals surface area contributed by atoms with Crippen LogP contribution in [0.15, 0.2) is 36.4 Å². The van der Waals surface area contributed by atoms with Crippen LogP contribution in [0.4, 0.5) is 0 Å². The summed E-state index contributed by atoms with van der Waals surface area (Å²) in [5, 5.41) is 1.07. The van der Waals surface area contributed by atoms with Crippen LogP contribution in [0.1, 0.15) is 57.1 Å². The Kier molecular flexibility index (Phi) is 4.55. The lowest BCUT2D eigenvalue weighted by Gasteiger charge is -2.56. The highest BCUT2D eigenvalue weighted by Gasteiger charge is 2.56. The topological polar surface area (TPSA) is 59.5 Å². The van der Waals surface area contributed by atoms with Gasteiger partial charge in [0, 0.05) is 11.9 Å². The largest absolute Gasteiger partial charge is 0.458 e. The van der Waals surface area contributed by atoms with Crippen molar-refractivity contribution in [3.8, 4) is 0 Å². The SMILES string of the molecule is O=C(OCc1ccc2ccccc2n1)[C@@H]1CCCN1C(=O)C12CC3CC(CC(C3)C1)C2. The number of para-hydroxylation sites is 1. The maximum atomic E-state index is 13.7. The van der Waals surface area contributed by atoms with Gasteiger partial charge in [-0.1, -0.05) is 24.3 Å². The number of ether oxygens (including phenoxy) is 1. The minimum atomic E-state index is -0.430. The van der Waals surface area contributed by atoms with Gasteiger partial charge in [-0.15, -0.1) is 0 Å². The van der Waals surface area contributed by atoms with E-state index in [9.17, 15) is 9.59 Å². The van der Waals surface area contributed by atoms with Gasteiger partial charge >= 0.3 is 5.97 Å². The van der Waals surface area contributed by atoms with Gasteiger partial charge in [0.1, 0.15) is 12.6 Å². The van der Waals surface area contributed by atoms with E-state index < -0.39 is 6.04 Å². The molecule has 4 bridgehead atoms. The molecule has 5 nitrogen and oxygen atoms in total. The predicted octanol–water partition coefficient (Wildman–Crippen LogP) is 4.49. The number of pyridine rings is 1. The lowest BCUT2D eigenvalue weighted by atomic mass is 9.49. The van der Waals surface area contributed by atoms with Gasteiger partial charge < -0.3 is 9.64 Å². The van der Waals surface area contributed by atoms with Gasteiger partial charge in [0.25, 0.3) is 0 Å². The van der Waals surface area contributed by atoms with E-state index in [1.54, 1.807) is 0 Å². The Balaban J connectivity index is 1.15. The van der Waals surface area contributed by atoms with Crippen LogP contribution in [0.5, 0.6) is 0 Å². The number of benzene rings is 1. The number of fused-ring (bicyclic) bond motifs is 1. The molecule has 2 heterocycles. The molecule has 5 aliphatic rings. The molecule has 1 aliphatic heterocycles. The molecule has 5 fully saturated rings. The molecule has 1 saturated heterocycles. The van der Waals surface area contributed by atoms with Crippen LogP contribution in [0, 0.1) is 23.2 Å². The maximum Gasteiger partial charge on any atom is 0.329 e. The number of likely N-dealkylation sites (tertiary alicyclic amines) is 1. The van der Waals surface area contributed by atoms with E-state index in [1.807, 2.05) is 41.3 Å². The number of rotatable bonds is 4. The highest BCUT2D eigenvalue weighted by molar-refractivity contribution is 5.89. The third kappa shape index (κ3) is 3.33. The van der Waals surface area contributed by atoms with Crippen molar-refractivity contribution in [3.63, 3.8) is 0 Å². The third-order valence-corrected chi connectivity index (χ3v) is 8.30. The molecular weight excluding hydrogens is 388 g/mol. The zero-order valence-electron chi connectivity index (χ0n) is 18.0. The molecule has 4 saturated carbocycles. The fourth-order valence-electron chi connectivity index (χ4n) is 7.36. The van der Waals surface area contributed by atoms with Crippen molar-refractivity contribution in [2.45, 2.75) is 64.0 Å². The first-order chi connectivity index (χ1) is 15.1. The van der Waals surface area contributed by atoms with E-state index >= 15 is 0 Å². The van der Waals surface area contributed by atoms with Crippen LogP contribution in [0.3, 0.4) is 0 Å². The van der Waals surface area contributed by atoms with Crippen molar-refractivity contribution < 1.29 is 14.3 Å². The molecule has 1 aromatic carbocycles. The molecule has 0 spiro atoms. The lowest BCUT2D eigenvalue weighted by molar-refractivity contribution is -0.166. The molecule has 7 rings (SSSR count). The molecule has 31 heavy (non-hydrogen) atoms. The first-order valence-electron chi connectivity index (χ1n) is 11.9. The Morgan fingerprint density at radius 3 is 2.45 bits per heavy atom. The average molecular weight is 419 g/mol. The van der Waals surface area contributed by atoms with Crippen LogP contribution >= 0.6 is 0 Å². The number of nitrogens with zero attached hydrogens (tertiary/aromatic N) is 2. The molecule has 0 unspecified atom stereocenters. The third-order valence-electron chi connectivity index (χ3n) is 8.30. The van der Waals surface area contributed by atoms with Gasteiger partial charge in [-0.25, -0.2) is 9.78 Å². The average Bonchev–Trinajstić information content (AvgIpc) is 3.26. The summed E-state index contributed by atoms with van der Waals surface area (Å²) in [6.07, 6.45) is 8.66. The smallest absolute Gasteiger partial charge is 0.329 e. The van der Waals surface area contributed by atoms with Crippen molar-refractivity contribution in [1.82, 2.24) is 9.88 Å². The molecule has 162 valence electrons. The second kappa shape index (κ2) is 7.32. The summed E-state index contributed by atoms with van der Waals surface area (Å²) in [5.74, 6) is 2.15. The Morgan fingerprint density at radius 1 is 1.00 bits per heavy atom. The van der Waals surface area contributed by atoms with Crippen LogP contribution in [0.25, 0.3) is 10.9 Å². The van der Waals surface area contributed by atoms with Gasteiger partial charge in [-0.2, -0.15) is 0 Å². The Bertz CT molecular complexity index is 997. The first-order valence-corrected chi connectivity index (χ1v) is 11.9. The van der Waals surface area contributed by atoms with E-state index in [-0.39, 0.29) is 23.9 Å². The van der Waals surface area contributed by atoms with Crippen molar-refractivity contribution in [2.24, 2.45) is 23.2 Å². The van der Waals surface area contributed by atoms with Crippen molar-refractivity contribution >= 4 is 22.8 Å². The van der Waals surface area contributed by atoms with E-state index in [0.29, 0.717) is 13.0 Å². The molecular formula is C26H30N2O3. The molecule has 0 radical (unpaired) electrons. The van der Waals surface area contributed by atoms with Crippen molar-refractivity contribution in [1.29, 1.82) is 0 Å². The summed E-state index contributed by atoms with van der Waals surface area (Å²) in [4.78, 5) is 33.2. The van der Waals surface area contributed by atoms with E-state index in [1.165, 1.54) is 19.3 Å². The minimum Gasteiger partial charge on any atom is -0.458 e. The van der Waals surface area contributed by atoms with Gasteiger partial charge in [0.2, 0.25) is 5.91 Å². The Labute approximate surface area is 183 Å². The van der Waals surface area contributed by atoms with Gasteiger partial charge in [0.15, 0.2) is 0 Å². The van der Waals surface area contributed by atoms with E-state index in [0.717, 1.165) is 60.0 Å². The summed E-state index contributed by atoms with van der Waals surface area (Å²) in [6.45, 7) is 0.841. The number of carbonyl (C=O) groups is 2. The zero-order valence-corrected chi connectivity index (χ0v) is 18.0. The minimum absolute atomic E-state index is 0.152. The molecule has 0 N–H and O–H groups in total. The lowest BCUT2D eigenvalue weighted by Crippen LogP contribution is -2.56. The van der Waals surface area contributed by atoms with Crippen LogP contribution in [-0.2, 0) is 20.9 Å². The summed E-state index contributed by atoms with van der Waals surface area (Å²) in [5.41, 5.74) is 1.44. The number of esters is 1. The number of amides is 1. The zero-order chi connectivity index (χ0) is 21.0. The summed E-state index contributed by atoms with van der Waals surface area (Å²) in [7, 11) is 0. The Hall–Kier alpha value is -2.43. The normalized spacial score (nSPS) is 33.7. The molecule has 4 aliphatic carbocycles. The second-order valence-corrected chi connectivity index (χ2v) is 10.5. The van der Waals surface area contributed by atoms with Crippen LogP contribution < -0.4 is 0 Å². The van der Waals surface area contributed by atoms with Crippen molar-refractivity contribution in [3.05, 3.63) is 42.1 Å². The highest BCUT2D eigenvalue weighted by Crippen LogP contribution is 2.60. The maximum absolute atomic E-state index is 13.7. The summed E-state index contributed by atoms with van der Waals surface area (Å²) in [6, 6.07) is 11.4. The van der Waals surface area contributed by atoms with Gasteiger partial charge in [-0.05, 0) is 81.3 Å². The standard InChI is InChI=1S/C26H30N2O3/c29-24(31-16-21-8-7-20-4-1-2-5-22(20)27-21)23-6-3-9-28(23)25(30)26-13-17-10-18(14-26)12-19(11-17)15-26/h1-2,4-5,7-8,17-19,23H,3,6,9-16H2/t17?,18?,19?,23-,26?/m0/s1. The first kappa shape index (κ1) is 19.3. The van der Waals surface area contributed by atoms with E-state index in [4.69, 9.17) is 4.74 Å². The fraction of sp³-hybridized carbons (Fsp3) is 0.577. The fourth-order valence-corrected chi connectivity index (χ4v) is 7.36. The molecule has 1 atom stereocenters. The second-order valence-electron chi connectivity index (χ2n) is 10.5. The molecule has 1 amide bonds. The molecule has 2 aromatic rings. The summed E-state index contributed by atoms with van der Waals surface area (Å²) >= 11 is 0. The van der Waals surface area contributed by atoms with Crippen LogP contribution in [-0.4, -0.2) is 34.3 Å². The number of hydrogen-bond donors (Lipinski definition) is 0.